The van der Waals surface area contributed by atoms with Crippen molar-refractivity contribution in [2.24, 2.45) is 0 Å². The van der Waals surface area contributed by atoms with Gasteiger partial charge in [0.1, 0.15) is 11.4 Å². The first-order valence-electron chi connectivity index (χ1n) is 9.26. The van der Waals surface area contributed by atoms with Gasteiger partial charge in [0.15, 0.2) is 0 Å². The first kappa shape index (κ1) is 19.6. The van der Waals surface area contributed by atoms with Crippen LogP contribution in [0.4, 0.5) is 11.4 Å². The fourth-order valence-corrected chi connectivity index (χ4v) is 3.96. The predicted octanol–water partition coefficient (Wildman–Crippen LogP) is 5.05. The highest BCUT2D eigenvalue weighted by atomic mass is 32.2. The first-order valence-corrected chi connectivity index (χ1v) is 10.0. The van der Waals surface area contributed by atoms with E-state index in [2.05, 4.69) is 54.8 Å². The Bertz CT molecular complexity index is 918. The maximum atomic E-state index is 5.80. The van der Waals surface area contributed by atoms with Crippen LogP contribution in [0.15, 0.2) is 47.4 Å². The molecular weight excluding hydrogens is 356 g/mol. The minimum absolute atomic E-state index is 0.432. The van der Waals surface area contributed by atoms with Crippen LogP contribution in [-0.4, -0.2) is 23.2 Å². The van der Waals surface area contributed by atoms with Gasteiger partial charge >= 0.3 is 0 Å². The Morgan fingerprint density at radius 3 is 2.44 bits per heavy atom. The molecular formula is C21H28N4OS. The molecule has 6 heteroatoms. The van der Waals surface area contributed by atoms with E-state index in [-0.39, 0.29) is 0 Å². The molecule has 0 amide bonds. The molecule has 0 fully saturated rings. The van der Waals surface area contributed by atoms with E-state index in [0.29, 0.717) is 0 Å². The van der Waals surface area contributed by atoms with E-state index in [0.717, 1.165) is 46.2 Å². The second kappa shape index (κ2) is 7.82. The first-order chi connectivity index (χ1) is 12.9. The summed E-state index contributed by atoms with van der Waals surface area (Å²) in [6.45, 7) is 10.1. The second-order valence-corrected chi connectivity index (χ2v) is 8.02. The molecule has 1 aromatic heterocycles. The van der Waals surface area contributed by atoms with Crippen LogP contribution in [0.2, 0.25) is 0 Å². The highest BCUT2D eigenvalue weighted by molar-refractivity contribution is 8.00. The number of nitrogens with two attached hydrogens (primary N) is 1. The number of aromatic nitrogens is 2. The smallest absolute Gasteiger partial charge is 0.141 e. The summed E-state index contributed by atoms with van der Waals surface area (Å²) in [4.78, 5) is 6.07. The van der Waals surface area contributed by atoms with Crippen molar-refractivity contribution < 1.29 is 4.74 Å². The maximum absolute atomic E-state index is 5.80. The number of fused-ring (bicyclic) bond motifs is 1. The lowest BCUT2D eigenvalue weighted by Gasteiger charge is -2.23. The predicted molar refractivity (Wildman–Crippen MR) is 115 cm³/mol. The quantitative estimate of drug-likeness (QED) is 0.456. The van der Waals surface area contributed by atoms with Gasteiger partial charge in [-0.3, -0.25) is 0 Å². The summed E-state index contributed by atoms with van der Waals surface area (Å²) in [6, 6.07) is 14.4. The van der Waals surface area contributed by atoms with Crippen molar-refractivity contribution in [1.29, 1.82) is 0 Å². The summed E-state index contributed by atoms with van der Waals surface area (Å²) in [7, 11) is 1.73. The van der Waals surface area contributed by atoms with Crippen molar-refractivity contribution in [2.75, 3.05) is 23.7 Å². The van der Waals surface area contributed by atoms with E-state index in [9.17, 15) is 0 Å². The van der Waals surface area contributed by atoms with Crippen LogP contribution >= 0.6 is 11.9 Å². The number of methoxy groups -OCH3 is 1. The summed E-state index contributed by atoms with van der Waals surface area (Å²) < 4.78 is 10.2. The maximum Gasteiger partial charge on any atom is 0.141 e. The molecule has 3 rings (SSSR count). The standard InChI is InChI=1S/C21H28N4OS/c1-6-24-19-13-10-16(14-18(19)23-20(24)21(3,4)26-5)25(7-2)27-17-11-8-15(22)9-12-17/h8-14H,6-7,22H2,1-5H3. The van der Waals surface area contributed by atoms with Crippen LogP contribution in [0.5, 0.6) is 0 Å². The molecule has 0 atom stereocenters. The van der Waals surface area contributed by atoms with Crippen LogP contribution in [0, 0.1) is 0 Å². The van der Waals surface area contributed by atoms with Crippen molar-refractivity contribution in [1.82, 2.24) is 9.55 Å². The van der Waals surface area contributed by atoms with Crippen LogP contribution in [0.1, 0.15) is 33.5 Å². The number of anilines is 2. The van der Waals surface area contributed by atoms with Gasteiger partial charge in [-0.15, -0.1) is 0 Å². The molecule has 2 aromatic carbocycles. The summed E-state index contributed by atoms with van der Waals surface area (Å²) in [5.74, 6) is 0.953. The lowest BCUT2D eigenvalue weighted by molar-refractivity contribution is 0.00907. The van der Waals surface area contributed by atoms with E-state index in [4.69, 9.17) is 15.5 Å². The SMILES string of the molecule is CCN(Sc1ccc(N)cc1)c1ccc2c(c1)nc(C(C)(C)OC)n2CC. The average molecular weight is 385 g/mol. The van der Waals surface area contributed by atoms with Gasteiger partial charge in [-0.1, -0.05) is 0 Å². The summed E-state index contributed by atoms with van der Waals surface area (Å²) in [5, 5.41) is 0. The molecule has 27 heavy (non-hydrogen) atoms. The van der Waals surface area contributed by atoms with Crippen LogP contribution in [-0.2, 0) is 16.9 Å². The van der Waals surface area contributed by atoms with E-state index in [1.165, 1.54) is 0 Å². The van der Waals surface area contributed by atoms with Crippen molar-refractivity contribution in [3.05, 3.63) is 48.3 Å². The normalized spacial score (nSPS) is 11.9. The van der Waals surface area contributed by atoms with Gasteiger partial charge in [0.25, 0.3) is 0 Å². The zero-order chi connectivity index (χ0) is 19.6. The lowest BCUT2D eigenvalue weighted by atomic mass is 10.1. The Morgan fingerprint density at radius 2 is 1.85 bits per heavy atom. The highest BCUT2D eigenvalue weighted by Gasteiger charge is 2.27. The summed E-state index contributed by atoms with van der Waals surface area (Å²) >= 11 is 1.70. The van der Waals surface area contributed by atoms with E-state index in [1.807, 2.05) is 24.3 Å². The van der Waals surface area contributed by atoms with Crippen LogP contribution < -0.4 is 10.0 Å². The molecule has 0 saturated carbocycles. The zero-order valence-corrected chi connectivity index (χ0v) is 17.5. The van der Waals surface area contributed by atoms with Gasteiger partial charge in [-0.05, 0) is 82.1 Å². The summed E-state index contributed by atoms with van der Waals surface area (Å²) in [5.41, 5.74) is 9.40. The molecule has 0 aliphatic heterocycles. The Hall–Kier alpha value is -2.18. The van der Waals surface area contributed by atoms with Crippen molar-refractivity contribution >= 4 is 34.4 Å². The second-order valence-electron chi connectivity index (χ2n) is 6.92. The number of hydrogen-bond acceptors (Lipinski definition) is 5. The van der Waals surface area contributed by atoms with Gasteiger partial charge in [-0.2, -0.15) is 0 Å². The van der Waals surface area contributed by atoms with Gasteiger partial charge in [0, 0.05) is 36.5 Å². The Balaban J connectivity index is 1.98. The van der Waals surface area contributed by atoms with Gasteiger partial charge < -0.3 is 19.3 Å². The zero-order valence-electron chi connectivity index (χ0n) is 16.7. The number of rotatable bonds is 7. The van der Waals surface area contributed by atoms with E-state index >= 15 is 0 Å². The number of benzene rings is 2. The molecule has 144 valence electrons. The average Bonchev–Trinajstić information content (AvgIpc) is 3.06. The van der Waals surface area contributed by atoms with Crippen molar-refractivity contribution in [2.45, 2.75) is 44.7 Å². The van der Waals surface area contributed by atoms with Gasteiger partial charge in [-0.25, -0.2) is 4.98 Å². The molecule has 0 bridgehead atoms. The number of hydrogen-bond donors (Lipinski definition) is 1. The Morgan fingerprint density at radius 1 is 1.15 bits per heavy atom. The minimum Gasteiger partial charge on any atom is -0.399 e. The molecule has 0 saturated heterocycles. The molecule has 2 N–H and O–H groups in total. The van der Waals surface area contributed by atoms with E-state index < -0.39 is 5.60 Å². The fraction of sp³-hybridized carbons (Fsp3) is 0.381. The molecule has 0 spiro atoms. The van der Waals surface area contributed by atoms with E-state index in [1.54, 1.807) is 19.1 Å². The van der Waals surface area contributed by atoms with Crippen LogP contribution in [0.3, 0.4) is 0 Å². The largest absolute Gasteiger partial charge is 0.399 e. The number of ether oxygens (including phenoxy) is 1. The monoisotopic (exact) mass is 384 g/mol. The number of nitrogens with zero attached hydrogens (tertiary/aromatic N) is 3. The minimum atomic E-state index is -0.432. The van der Waals surface area contributed by atoms with Gasteiger partial charge in [0.2, 0.25) is 0 Å². The third-order valence-electron chi connectivity index (χ3n) is 4.77. The van der Waals surface area contributed by atoms with Crippen LogP contribution in [0.25, 0.3) is 11.0 Å². The third kappa shape index (κ3) is 3.92. The van der Waals surface area contributed by atoms with Crippen molar-refractivity contribution in [3.63, 3.8) is 0 Å². The number of imidazole rings is 1. The topological polar surface area (TPSA) is 56.3 Å². The molecule has 0 aliphatic carbocycles. The molecule has 0 aliphatic rings. The number of nitrogen functional groups attached to an aromatic ring is 1. The Labute approximate surface area is 165 Å². The molecule has 1 heterocycles. The molecule has 3 aromatic rings. The highest BCUT2D eigenvalue weighted by Crippen LogP contribution is 2.33. The van der Waals surface area contributed by atoms with Crippen molar-refractivity contribution in [3.8, 4) is 0 Å². The number of aryl methyl sites for hydroxylation is 1. The molecule has 5 nitrogen and oxygen atoms in total. The Kier molecular flexibility index (Phi) is 5.67. The van der Waals surface area contributed by atoms with Gasteiger partial charge in [0.05, 0.1) is 11.0 Å². The third-order valence-corrected chi connectivity index (χ3v) is 5.94. The molecule has 0 unspecified atom stereocenters. The fourth-order valence-electron chi connectivity index (χ4n) is 3.10. The summed E-state index contributed by atoms with van der Waals surface area (Å²) in [6.07, 6.45) is 0. The lowest BCUT2D eigenvalue weighted by Crippen LogP contribution is -2.24. The molecule has 0 radical (unpaired) electrons.